The third kappa shape index (κ3) is 1.79. The molecule has 3 rings (SSSR count). The molecule has 18 heavy (non-hydrogen) atoms. The van der Waals surface area contributed by atoms with Crippen molar-refractivity contribution in [3.05, 3.63) is 48.2 Å². The quantitative estimate of drug-likeness (QED) is 0.752. The van der Waals surface area contributed by atoms with Crippen molar-refractivity contribution in [3.8, 4) is 22.7 Å². The number of aromatic nitrogens is 3. The Morgan fingerprint density at radius 2 is 1.94 bits per heavy atom. The summed E-state index contributed by atoms with van der Waals surface area (Å²) in [6.07, 6.45) is 1.79. The van der Waals surface area contributed by atoms with Crippen molar-refractivity contribution in [2.75, 3.05) is 0 Å². The van der Waals surface area contributed by atoms with Gasteiger partial charge in [0.05, 0.1) is 0 Å². The molecule has 0 amide bonds. The Kier molecular flexibility index (Phi) is 2.44. The summed E-state index contributed by atoms with van der Waals surface area (Å²) < 4.78 is 18.0. The van der Waals surface area contributed by atoms with Gasteiger partial charge in [-0.05, 0) is 30.7 Å². The molecule has 0 aliphatic carbocycles. The summed E-state index contributed by atoms with van der Waals surface area (Å²) >= 11 is 0. The molecule has 0 aliphatic heterocycles. The van der Waals surface area contributed by atoms with Crippen molar-refractivity contribution < 1.29 is 8.91 Å². The van der Waals surface area contributed by atoms with Gasteiger partial charge in [0.25, 0.3) is 5.89 Å². The first kappa shape index (κ1) is 10.7. The molecule has 5 heteroatoms. The number of nitrogens with zero attached hydrogens (tertiary/aromatic N) is 2. The largest absolute Gasteiger partial charge is 0.357 e. The first-order valence-electron chi connectivity index (χ1n) is 5.48. The molecule has 4 nitrogen and oxygen atoms in total. The zero-order valence-electron chi connectivity index (χ0n) is 9.64. The van der Waals surface area contributed by atoms with Crippen molar-refractivity contribution in [1.82, 2.24) is 15.1 Å². The van der Waals surface area contributed by atoms with Crippen molar-refractivity contribution in [3.63, 3.8) is 0 Å². The minimum atomic E-state index is -0.260. The fourth-order valence-electron chi connectivity index (χ4n) is 1.81. The lowest BCUT2D eigenvalue weighted by molar-refractivity contribution is 0.424. The minimum absolute atomic E-state index is 0.260. The van der Waals surface area contributed by atoms with Crippen molar-refractivity contribution in [2.24, 2.45) is 0 Å². The fourth-order valence-corrected chi connectivity index (χ4v) is 1.81. The summed E-state index contributed by atoms with van der Waals surface area (Å²) in [4.78, 5) is 7.23. The van der Waals surface area contributed by atoms with Crippen LogP contribution in [-0.2, 0) is 0 Å². The molecule has 0 radical (unpaired) electrons. The van der Waals surface area contributed by atoms with E-state index in [9.17, 15) is 4.39 Å². The lowest BCUT2D eigenvalue weighted by Crippen LogP contribution is -1.83. The van der Waals surface area contributed by atoms with E-state index >= 15 is 0 Å². The number of hydrogen-bond acceptors (Lipinski definition) is 3. The maximum Gasteiger partial charge on any atom is 0.274 e. The van der Waals surface area contributed by atoms with E-state index in [1.54, 1.807) is 25.3 Å². The van der Waals surface area contributed by atoms with Gasteiger partial charge in [0.2, 0.25) is 0 Å². The van der Waals surface area contributed by atoms with E-state index in [0.717, 1.165) is 16.8 Å². The molecule has 0 bridgehead atoms. The SMILES string of the molecule is Cc1noc(-c2[nH]ccc2-c2ccc(F)cc2)n1. The normalized spacial score (nSPS) is 10.8. The Labute approximate surface area is 102 Å². The smallest absolute Gasteiger partial charge is 0.274 e. The highest BCUT2D eigenvalue weighted by Gasteiger charge is 2.14. The van der Waals surface area contributed by atoms with Crippen LogP contribution in [0.3, 0.4) is 0 Å². The maximum atomic E-state index is 12.9. The topological polar surface area (TPSA) is 54.7 Å². The zero-order valence-corrected chi connectivity index (χ0v) is 9.64. The minimum Gasteiger partial charge on any atom is -0.357 e. The molecular formula is C13H10FN3O. The van der Waals surface area contributed by atoms with Crippen LogP contribution >= 0.6 is 0 Å². The summed E-state index contributed by atoms with van der Waals surface area (Å²) in [6, 6.07) is 8.16. The molecule has 0 aliphatic rings. The van der Waals surface area contributed by atoms with Crippen LogP contribution in [-0.4, -0.2) is 15.1 Å². The summed E-state index contributed by atoms with van der Waals surface area (Å²) in [5.74, 6) is 0.742. The molecule has 0 fully saturated rings. The number of halogens is 1. The van der Waals surface area contributed by atoms with Crippen molar-refractivity contribution >= 4 is 0 Å². The molecule has 1 aromatic carbocycles. The van der Waals surface area contributed by atoms with E-state index in [1.807, 2.05) is 6.07 Å². The van der Waals surface area contributed by atoms with Gasteiger partial charge < -0.3 is 9.51 Å². The highest BCUT2D eigenvalue weighted by Crippen LogP contribution is 2.29. The van der Waals surface area contributed by atoms with Gasteiger partial charge in [-0.25, -0.2) is 4.39 Å². The van der Waals surface area contributed by atoms with Crippen LogP contribution in [0.5, 0.6) is 0 Å². The predicted octanol–water partition coefficient (Wildman–Crippen LogP) is 3.18. The molecule has 0 unspecified atom stereocenters. The van der Waals surface area contributed by atoms with E-state index in [1.165, 1.54) is 12.1 Å². The van der Waals surface area contributed by atoms with Crippen LogP contribution in [0, 0.1) is 12.7 Å². The second-order valence-corrected chi connectivity index (χ2v) is 3.92. The van der Waals surface area contributed by atoms with Crippen LogP contribution in [0.25, 0.3) is 22.7 Å². The highest BCUT2D eigenvalue weighted by molar-refractivity contribution is 5.77. The summed E-state index contributed by atoms with van der Waals surface area (Å²) in [5.41, 5.74) is 2.53. The second kappa shape index (κ2) is 4.10. The van der Waals surface area contributed by atoms with Gasteiger partial charge in [-0.1, -0.05) is 17.3 Å². The number of aromatic amines is 1. The molecule has 0 spiro atoms. The highest BCUT2D eigenvalue weighted by atomic mass is 19.1. The van der Waals surface area contributed by atoms with Crippen LogP contribution in [0.1, 0.15) is 5.82 Å². The lowest BCUT2D eigenvalue weighted by Gasteiger charge is -2.00. The van der Waals surface area contributed by atoms with Crippen molar-refractivity contribution in [1.29, 1.82) is 0 Å². The van der Waals surface area contributed by atoms with E-state index in [4.69, 9.17) is 4.52 Å². The predicted molar refractivity (Wildman–Crippen MR) is 64.2 cm³/mol. The van der Waals surface area contributed by atoms with Crippen LogP contribution in [0.2, 0.25) is 0 Å². The zero-order chi connectivity index (χ0) is 12.5. The fraction of sp³-hybridized carbons (Fsp3) is 0.0769. The van der Waals surface area contributed by atoms with Crippen LogP contribution < -0.4 is 0 Å². The molecular weight excluding hydrogens is 233 g/mol. The van der Waals surface area contributed by atoms with E-state index in [2.05, 4.69) is 15.1 Å². The average Bonchev–Trinajstić information content (AvgIpc) is 2.98. The molecule has 90 valence electrons. The Morgan fingerprint density at radius 3 is 2.61 bits per heavy atom. The standard InChI is InChI=1S/C13H10FN3O/c1-8-16-13(18-17-8)12-11(6-7-15-12)9-2-4-10(14)5-3-9/h2-7,15H,1H3. The third-order valence-electron chi connectivity index (χ3n) is 2.64. The third-order valence-corrected chi connectivity index (χ3v) is 2.64. The van der Waals surface area contributed by atoms with Gasteiger partial charge in [0.1, 0.15) is 11.5 Å². The molecule has 0 saturated carbocycles. The average molecular weight is 243 g/mol. The van der Waals surface area contributed by atoms with Gasteiger partial charge in [-0.15, -0.1) is 0 Å². The Bertz CT molecular complexity index is 670. The number of hydrogen-bond donors (Lipinski definition) is 1. The van der Waals surface area contributed by atoms with Gasteiger partial charge in [-0.2, -0.15) is 4.98 Å². The summed E-state index contributed by atoms with van der Waals surface area (Å²) in [5, 5.41) is 3.76. The van der Waals surface area contributed by atoms with Gasteiger partial charge in [0, 0.05) is 11.8 Å². The molecule has 3 aromatic rings. The van der Waals surface area contributed by atoms with E-state index in [0.29, 0.717) is 11.7 Å². The van der Waals surface area contributed by atoms with E-state index in [-0.39, 0.29) is 5.82 Å². The molecule has 0 atom stereocenters. The van der Waals surface area contributed by atoms with Gasteiger partial charge in [-0.3, -0.25) is 0 Å². The lowest BCUT2D eigenvalue weighted by atomic mass is 10.1. The summed E-state index contributed by atoms with van der Waals surface area (Å²) in [6.45, 7) is 1.76. The Hall–Kier alpha value is -2.43. The monoisotopic (exact) mass is 243 g/mol. The van der Waals surface area contributed by atoms with Crippen LogP contribution in [0.4, 0.5) is 4.39 Å². The molecule has 2 aromatic heterocycles. The molecule has 0 saturated heterocycles. The number of nitrogens with one attached hydrogen (secondary N) is 1. The first-order chi connectivity index (χ1) is 8.74. The molecule has 1 N–H and O–H groups in total. The van der Waals surface area contributed by atoms with Crippen molar-refractivity contribution in [2.45, 2.75) is 6.92 Å². The Balaban J connectivity index is 2.09. The van der Waals surface area contributed by atoms with E-state index < -0.39 is 0 Å². The number of rotatable bonds is 2. The number of H-pyrrole nitrogens is 1. The Morgan fingerprint density at radius 1 is 1.17 bits per heavy atom. The second-order valence-electron chi connectivity index (χ2n) is 3.92. The van der Waals surface area contributed by atoms with Gasteiger partial charge >= 0.3 is 0 Å². The van der Waals surface area contributed by atoms with Gasteiger partial charge in [0.15, 0.2) is 5.82 Å². The first-order valence-corrected chi connectivity index (χ1v) is 5.48. The number of aryl methyl sites for hydroxylation is 1. The van der Waals surface area contributed by atoms with Crippen LogP contribution in [0.15, 0.2) is 41.1 Å². The molecule has 2 heterocycles. The maximum absolute atomic E-state index is 12.9. The summed E-state index contributed by atoms with van der Waals surface area (Å²) in [7, 11) is 0. The number of benzene rings is 1.